The number of hydrogen-bond donors (Lipinski definition) is 0. The van der Waals surface area contributed by atoms with Gasteiger partial charge in [0.1, 0.15) is 5.75 Å². The smallest absolute Gasteiger partial charge is 0.358 e. The van der Waals surface area contributed by atoms with Crippen molar-refractivity contribution >= 4 is 23.4 Å². The first-order valence-corrected chi connectivity index (χ1v) is 6.29. The number of esters is 1. The Kier molecular flexibility index (Phi) is 4.84. The first kappa shape index (κ1) is 14.9. The maximum atomic E-state index is 11.9. The van der Waals surface area contributed by atoms with Crippen LogP contribution in [0, 0.1) is 0 Å². The molecule has 0 bridgehead atoms. The molecule has 1 aromatic heterocycles. The standard InChI is InChI=1S/C14H11ClN2O4/c1-20-13-3-2-9(6-10(13)15)12(18)8-21-14(19)11-7-16-4-5-17-11/h2-7H,8H2,1H3. The molecule has 0 saturated heterocycles. The molecule has 108 valence electrons. The molecule has 0 saturated carbocycles. The van der Waals surface area contributed by atoms with E-state index in [1.165, 1.54) is 31.8 Å². The van der Waals surface area contributed by atoms with Gasteiger partial charge in [-0.15, -0.1) is 0 Å². The Balaban J connectivity index is 1.99. The zero-order chi connectivity index (χ0) is 15.2. The summed E-state index contributed by atoms with van der Waals surface area (Å²) in [7, 11) is 1.48. The fourth-order valence-corrected chi connectivity index (χ4v) is 1.79. The van der Waals surface area contributed by atoms with Crippen LogP contribution in [0.3, 0.4) is 0 Å². The molecule has 0 aliphatic heterocycles. The van der Waals surface area contributed by atoms with Crippen LogP contribution >= 0.6 is 11.6 Å². The van der Waals surface area contributed by atoms with Crippen LogP contribution in [-0.2, 0) is 4.74 Å². The fraction of sp³-hybridized carbons (Fsp3) is 0.143. The number of methoxy groups -OCH3 is 1. The molecule has 2 aromatic rings. The maximum absolute atomic E-state index is 11.9. The molecule has 0 N–H and O–H groups in total. The summed E-state index contributed by atoms with van der Waals surface area (Å²) in [4.78, 5) is 31.1. The molecule has 0 aliphatic carbocycles. The molecule has 2 rings (SSSR count). The Hall–Kier alpha value is -2.47. The first-order valence-electron chi connectivity index (χ1n) is 5.91. The Morgan fingerprint density at radius 1 is 1.29 bits per heavy atom. The van der Waals surface area contributed by atoms with Gasteiger partial charge >= 0.3 is 5.97 Å². The van der Waals surface area contributed by atoms with E-state index in [-0.39, 0.29) is 11.5 Å². The lowest BCUT2D eigenvalue weighted by Gasteiger charge is -2.06. The number of carbonyl (C=O) groups excluding carboxylic acids is 2. The van der Waals surface area contributed by atoms with E-state index in [4.69, 9.17) is 21.1 Å². The van der Waals surface area contributed by atoms with Crippen LogP contribution in [0.5, 0.6) is 5.75 Å². The van der Waals surface area contributed by atoms with E-state index in [9.17, 15) is 9.59 Å². The van der Waals surface area contributed by atoms with Crippen LogP contribution in [0.1, 0.15) is 20.8 Å². The highest BCUT2D eigenvalue weighted by molar-refractivity contribution is 6.32. The molecule has 1 aromatic carbocycles. The molecule has 21 heavy (non-hydrogen) atoms. The topological polar surface area (TPSA) is 78.4 Å². The number of ether oxygens (including phenoxy) is 2. The highest BCUT2D eigenvalue weighted by atomic mass is 35.5. The van der Waals surface area contributed by atoms with Gasteiger partial charge in [-0.2, -0.15) is 0 Å². The van der Waals surface area contributed by atoms with Crippen molar-refractivity contribution in [2.75, 3.05) is 13.7 Å². The second-order valence-electron chi connectivity index (χ2n) is 3.94. The van der Waals surface area contributed by atoms with Crippen molar-refractivity contribution in [3.8, 4) is 5.75 Å². The lowest BCUT2D eigenvalue weighted by atomic mass is 10.1. The van der Waals surface area contributed by atoms with E-state index in [2.05, 4.69) is 9.97 Å². The van der Waals surface area contributed by atoms with E-state index in [1.54, 1.807) is 12.1 Å². The predicted molar refractivity (Wildman–Crippen MR) is 74.6 cm³/mol. The van der Waals surface area contributed by atoms with E-state index in [0.717, 1.165) is 0 Å². The molecule has 0 fully saturated rings. The summed E-state index contributed by atoms with van der Waals surface area (Å²) < 4.78 is 9.87. The summed E-state index contributed by atoms with van der Waals surface area (Å²) in [5.41, 5.74) is 0.366. The highest BCUT2D eigenvalue weighted by Gasteiger charge is 2.14. The average molecular weight is 307 g/mol. The van der Waals surface area contributed by atoms with Gasteiger partial charge in [-0.25, -0.2) is 9.78 Å². The fourth-order valence-electron chi connectivity index (χ4n) is 1.53. The molecule has 1 heterocycles. The van der Waals surface area contributed by atoms with E-state index in [0.29, 0.717) is 16.3 Å². The molecule has 0 unspecified atom stereocenters. The van der Waals surface area contributed by atoms with E-state index in [1.807, 2.05) is 0 Å². The third-order valence-electron chi connectivity index (χ3n) is 2.58. The lowest BCUT2D eigenvalue weighted by molar-refractivity contribution is 0.0468. The molecule has 0 atom stereocenters. The van der Waals surface area contributed by atoms with E-state index < -0.39 is 12.6 Å². The third-order valence-corrected chi connectivity index (χ3v) is 2.88. The highest BCUT2D eigenvalue weighted by Crippen LogP contribution is 2.25. The number of benzene rings is 1. The van der Waals surface area contributed by atoms with Crippen molar-refractivity contribution in [3.05, 3.63) is 53.1 Å². The minimum Gasteiger partial charge on any atom is -0.495 e. The number of carbonyl (C=O) groups is 2. The van der Waals surface area contributed by atoms with E-state index >= 15 is 0 Å². The summed E-state index contributed by atoms with van der Waals surface area (Å²) in [6, 6.07) is 4.57. The quantitative estimate of drug-likeness (QED) is 0.622. The van der Waals surface area contributed by atoms with Gasteiger partial charge in [0.2, 0.25) is 0 Å². The van der Waals surface area contributed by atoms with Gasteiger partial charge in [-0.3, -0.25) is 9.78 Å². The van der Waals surface area contributed by atoms with Gasteiger partial charge in [0, 0.05) is 18.0 Å². The molecule has 0 radical (unpaired) electrons. The molecule has 0 spiro atoms. The van der Waals surface area contributed by atoms with Gasteiger partial charge in [-0.05, 0) is 18.2 Å². The molecule has 0 amide bonds. The van der Waals surface area contributed by atoms with Crippen LogP contribution in [0.15, 0.2) is 36.8 Å². The number of Topliss-reactive ketones (excluding diaryl/α,β-unsaturated/α-hetero) is 1. The second kappa shape index (κ2) is 6.81. The van der Waals surface area contributed by atoms with Crippen molar-refractivity contribution in [1.82, 2.24) is 9.97 Å². The lowest BCUT2D eigenvalue weighted by Crippen LogP contribution is -2.15. The number of aromatic nitrogens is 2. The Bertz CT molecular complexity index is 661. The molecular weight excluding hydrogens is 296 g/mol. The minimum atomic E-state index is -0.712. The van der Waals surface area contributed by atoms with Crippen LogP contribution in [0.4, 0.5) is 0 Å². The molecular formula is C14H11ClN2O4. The second-order valence-corrected chi connectivity index (χ2v) is 4.35. The van der Waals surface area contributed by atoms with Crippen LogP contribution in [0.2, 0.25) is 5.02 Å². The summed E-state index contributed by atoms with van der Waals surface area (Å²) >= 11 is 5.93. The van der Waals surface area contributed by atoms with Gasteiger partial charge in [0.25, 0.3) is 0 Å². The van der Waals surface area contributed by atoms with Crippen molar-refractivity contribution in [3.63, 3.8) is 0 Å². The van der Waals surface area contributed by atoms with Crippen LogP contribution < -0.4 is 4.74 Å². The number of halogens is 1. The summed E-state index contributed by atoms with van der Waals surface area (Å²) in [5, 5.41) is 0.309. The largest absolute Gasteiger partial charge is 0.495 e. The Morgan fingerprint density at radius 2 is 2.10 bits per heavy atom. The van der Waals surface area contributed by atoms with Crippen LogP contribution in [0.25, 0.3) is 0 Å². The predicted octanol–water partition coefficient (Wildman–Crippen LogP) is 2.18. The Morgan fingerprint density at radius 3 is 2.71 bits per heavy atom. The number of nitrogens with zero attached hydrogens (tertiary/aromatic N) is 2. The van der Waals surface area contributed by atoms with Gasteiger partial charge in [-0.1, -0.05) is 11.6 Å². The average Bonchev–Trinajstić information content (AvgIpc) is 2.53. The summed E-state index contributed by atoms with van der Waals surface area (Å²) in [6.07, 6.45) is 4.06. The van der Waals surface area contributed by atoms with Crippen molar-refractivity contribution < 1.29 is 19.1 Å². The number of rotatable bonds is 5. The maximum Gasteiger partial charge on any atom is 0.358 e. The van der Waals surface area contributed by atoms with Crippen molar-refractivity contribution in [2.24, 2.45) is 0 Å². The van der Waals surface area contributed by atoms with Gasteiger partial charge in [0.05, 0.1) is 18.3 Å². The minimum absolute atomic E-state index is 0.0399. The monoisotopic (exact) mass is 306 g/mol. The third kappa shape index (κ3) is 3.76. The molecule has 7 heteroatoms. The molecule has 6 nitrogen and oxygen atoms in total. The van der Waals surface area contributed by atoms with Crippen LogP contribution in [-0.4, -0.2) is 35.4 Å². The zero-order valence-electron chi connectivity index (χ0n) is 11.1. The number of ketones is 1. The summed E-state index contributed by atoms with van der Waals surface area (Å²) in [6.45, 7) is -0.405. The van der Waals surface area contributed by atoms with Crippen molar-refractivity contribution in [2.45, 2.75) is 0 Å². The zero-order valence-corrected chi connectivity index (χ0v) is 11.8. The Labute approximate surface area is 125 Å². The van der Waals surface area contributed by atoms with Crippen molar-refractivity contribution in [1.29, 1.82) is 0 Å². The number of hydrogen-bond acceptors (Lipinski definition) is 6. The van der Waals surface area contributed by atoms with Gasteiger partial charge < -0.3 is 9.47 Å². The normalized spacial score (nSPS) is 10.0. The first-order chi connectivity index (χ1) is 10.1. The van der Waals surface area contributed by atoms with Gasteiger partial charge in [0.15, 0.2) is 18.1 Å². The molecule has 0 aliphatic rings. The SMILES string of the molecule is COc1ccc(C(=O)COC(=O)c2cnccn2)cc1Cl. The summed E-state index contributed by atoms with van der Waals surface area (Å²) in [5.74, 6) is -0.627.